The summed E-state index contributed by atoms with van der Waals surface area (Å²) in [6.45, 7) is 3.11. The summed E-state index contributed by atoms with van der Waals surface area (Å²) in [5.41, 5.74) is 0.485. The van der Waals surface area contributed by atoms with E-state index in [-0.39, 0.29) is 11.8 Å². The van der Waals surface area contributed by atoms with Crippen molar-refractivity contribution in [3.63, 3.8) is 0 Å². The van der Waals surface area contributed by atoms with Gasteiger partial charge >= 0.3 is 5.97 Å². The molecule has 3 aromatic heterocycles. The van der Waals surface area contributed by atoms with Crippen LogP contribution in [0.3, 0.4) is 0 Å². The van der Waals surface area contributed by atoms with Crippen molar-refractivity contribution in [1.29, 1.82) is 0 Å². The monoisotopic (exact) mass is 349 g/mol. The van der Waals surface area contributed by atoms with Crippen LogP contribution in [0.4, 0.5) is 5.82 Å². The third-order valence-electron chi connectivity index (χ3n) is 3.55. The second-order valence-electron chi connectivity index (χ2n) is 5.14. The molecule has 0 saturated carbocycles. The van der Waals surface area contributed by atoms with E-state index in [1.54, 1.807) is 18.6 Å². The lowest BCUT2D eigenvalue weighted by atomic mass is 10.3. The summed E-state index contributed by atoms with van der Waals surface area (Å²) in [5.74, 6) is 0.534. The minimum atomic E-state index is -0.948. The normalized spacial score (nSPS) is 11.1. The SMILES string of the molecule is CCc1nncn1CCNc1nc(Cl)nc2c1ccn2CC(=O)O. The van der Waals surface area contributed by atoms with E-state index in [0.29, 0.717) is 24.6 Å². The molecule has 126 valence electrons. The molecule has 2 N–H and O–H groups in total. The van der Waals surface area contributed by atoms with Gasteiger partial charge in [0.15, 0.2) is 0 Å². The van der Waals surface area contributed by atoms with Gasteiger partial charge in [-0.05, 0) is 17.7 Å². The van der Waals surface area contributed by atoms with E-state index in [9.17, 15) is 4.79 Å². The second-order valence-corrected chi connectivity index (χ2v) is 5.47. The molecular weight excluding hydrogens is 334 g/mol. The Morgan fingerprint density at radius 1 is 1.38 bits per heavy atom. The molecule has 0 aromatic carbocycles. The molecule has 24 heavy (non-hydrogen) atoms. The molecule has 0 fully saturated rings. The van der Waals surface area contributed by atoms with Crippen LogP contribution >= 0.6 is 11.6 Å². The maximum Gasteiger partial charge on any atom is 0.323 e. The molecule has 0 bridgehead atoms. The van der Waals surface area contributed by atoms with Crippen molar-refractivity contribution in [3.05, 3.63) is 29.7 Å². The highest BCUT2D eigenvalue weighted by molar-refractivity contribution is 6.28. The second kappa shape index (κ2) is 6.83. The number of carboxylic acid groups (broad SMARTS) is 1. The first-order chi connectivity index (χ1) is 11.6. The summed E-state index contributed by atoms with van der Waals surface area (Å²) < 4.78 is 3.48. The van der Waals surface area contributed by atoms with Gasteiger partial charge in [-0.15, -0.1) is 10.2 Å². The molecule has 0 aliphatic heterocycles. The van der Waals surface area contributed by atoms with Gasteiger partial charge in [0, 0.05) is 25.7 Å². The summed E-state index contributed by atoms with van der Waals surface area (Å²) in [7, 11) is 0. The third-order valence-corrected chi connectivity index (χ3v) is 3.72. The van der Waals surface area contributed by atoms with Crippen LogP contribution in [0.1, 0.15) is 12.7 Å². The van der Waals surface area contributed by atoms with Crippen LogP contribution in [0.2, 0.25) is 5.28 Å². The Bertz CT molecular complexity index is 873. The van der Waals surface area contributed by atoms with Crippen molar-refractivity contribution in [3.8, 4) is 0 Å². The highest BCUT2D eigenvalue weighted by Crippen LogP contribution is 2.23. The molecule has 0 aliphatic rings. The number of halogens is 1. The summed E-state index contributed by atoms with van der Waals surface area (Å²) in [6, 6.07) is 1.77. The van der Waals surface area contributed by atoms with Gasteiger partial charge in [0.05, 0.1) is 5.39 Å². The van der Waals surface area contributed by atoms with Crippen molar-refractivity contribution in [2.24, 2.45) is 0 Å². The van der Waals surface area contributed by atoms with Gasteiger partial charge in [-0.3, -0.25) is 4.79 Å². The average molecular weight is 350 g/mol. The Morgan fingerprint density at radius 2 is 2.21 bits per heavy atom. The minimum Gasteiger partial charge on any atom is -0.480 e. The molecule has 0 atom stereocenters. The lowest BCUT2D eigenvalue weighted by Gasteiger charge is -2.09. The van der Waals surface area contributed by atoms with E-state index in [0.717, 1.165) is 17.6 Å². The Labute approximate surface area is 142 Å². The van der Waals surface area contributed by atoms with Crippen molar-refractivity contribution in [2.45, 2.75) is 26.4 Å². The molecule has 0 radical (unpaired) electrons. The Hall–Kier alpha value is -2.68. The standard InChI is InChI=1S/C14H16ClN7O2/c1-2-10-20-17-8-22(10)6-4-16-12-9-3-5-21(7-11(23)24)13(9)19-14(15)18-12/h3,5,8H,2,4,6-7H2,1H3,(H,23,24)(H,16,18,19). The predicted octanol–water partition coefficient (Wildman–Crippen LogP) is 1.44. The summed E-state index contributed by atoms with van der Waals surface area (Å²) >= 11 is 5.97. The number of nitrogens with one attached hydrogen (secondary N) is 1. The molecule has 0 aliphatic carbocycles. The number of anilines is 1. The highest BCUT2D eigenvalue weighted by Gasteiger charge is 2.12. The molecule has 3 heterocycles. The van der Waals surface area contributed by atoms with E-state index in [1.807, 2.05) is 11.5 Å². The summed E-state index contributed by atoms with van der Waals surface area (Å²) in [6.07, 6.45) is 4.15. The highest BCUT2D eigenvalue weighted by atomic mass is 35.5. The molecule has 0 saturated heterocycles. The number of hydrogen-bond donors (Lipinski definition) is 2. The van der Waals surface area contributed by atoms with Crippen molar-refractivity contribution in [2.75, 3.05) is 11.9 Å². The molecule has 0 unspecified atom stereocenters. The maximum atomic E-state index is 10.9. The number of hydrogen-bond acceptors (Lipinski definition) is 6. The fraction of sp³-hybridized carbons (Fsp3) is 0.357. The molecule has 9 nitrogen and oxygen atoms in total. The first kappa shape index (κ1) is 16.2. The number of rotatable bonds is 7. The number of nitrogens with zero attached hydrogens (tertiary/aromatic N) is 6. The van der Waals surface area contributed by atoms with E-state index >= 15 is 0 Å². The van der Waals surface area contributed by atoms with Gasteiger partial charge in [0.1, 0.15) is 30.2 Å². The number of aliphatic carboxylic acids is 1. The lowest BCUT2D eigenvalue weighted by Crippen LogP contribution is -2.13. The van der Waals surface area contributed by atoms with Crippen LogP contribution in [0.25, 0.3) is 11.0 Å². The Kier molecular flexibility index (Phi) is 4.61. The van der Waals surface area contributed by atoms with Crippen LogP contribution in [-0.4, -0.2) is 46.9 Å². The van der Waals surface area contributed by atoms with Crippen LogP contribution in [0.15, 0.2) is 18.6 Å². The number of carbonyl (C=O) groups is 1. The summed E-state index contributed by atoms with van der Waals surface area (Å²) in [5, 5.41) is 20.9. The minimum absolute atomic E-state index is 0.0638. The van der Waals surface area contributed by atoms with Crippen molar-refractivity contribution >= 4 is 34.4 Å². The van der Waals surface area contributed by atoms with Crippen LogP contribution < -0.4 is 5.32 Å². The largest absolute Gasteiger partial charge is 0.480 e. The van der Waals surface area contributed by atoms with Crippen LogP contribution in [0, 0.1) is 0 Å². The maximum absolute atomic E-state index is 10.9. The van der Waals surface area contributed by atoms with Gasteiger partial charge in [-0.25, -0.2) is 4.98 Å². The van der Waals surface area contributed by atoms with Crippen molar-refractivity contribution < 1.29 is 9.90 Å². The number of aryl methyl sites for hydroxylation is 1. The zero-order valence-electron chi connectivity index (χ0n) is 13.0. The van der Waals surface area contributed by atoms with Gasteiger partial charge in [-0.1, -0.05) is 6.92 Å². The molecule has 3 aromatic rings. The summed E-state index contributed by atoms with van der Waals surface area (Å²) in [4.78, 5) is 19.2. The zero-order chi connectivity index (χ0) is 17.1. The predicted molar refractivity (Wildman–Crippen MR) is 88.1 cm³/mol. The Balaban J connectivity index is 1.79. The van der Waals surface area contributed by atoms with E-state index in [4.69, 9.17) is 16.7 Å². The molecule has 10 heteroatoms. The van der Waals surface area contributed by atoms with Gasteiger partial charge in [0.25, 0.3) is 0 Å². The lowest BCUT2D eigenvalue weighted by molar-refractivity contribution is -0.137. The van der Waals surface area contributed by atoms with Gasteiger partial charge in [-0.2, -0.15) is 4.98 Å². The topological polar surface area (TPSA) is 111 Å². The number of fused-ring (bicyclic) bond motifs is 1. The molecular formula is C14H16ClN7O2. The van der Waals surface area contributed by atoms with E-state index in [1.165, 1.54) is 4.57 Å². The van der Waals surface area contributed by atoms with Crippen LogP contribution in [-0.2, 0) is 24.3 Å². The quantitative estimate of drug-likeness (QED) is 0.621. The number of aromatic nitrogens is 6. The zero-order valence-corrected chi connectivity index (χ0v) is 13.7. The average Bonchev–Trinajstić information content (AvgIpc) is 3.14. The smallest absolute Gasteiger partial charge is 0.323 e. The van der Waals surface area contributed by atoms with Crippen molar-refractivity contribution in [1.82, 2.24) is 29.3 Å². The van der Waals surface area contributed by atoms with E-state index < -0.39 is 5.97 Å². The molecule has 3 rings (SSSR count). The number of carboxylic acids is 1. The van der Waals surface area contributed by atoms with Crippen LogP contribution in [0.5, 0.6) is 0 Å². The van der Waals surface area contributed by atoms with Gasteiger partial charge in [0.2, 0.25) is 5.28 Å². The van der Waals surface area contributed by atoms with Gasteiger partial charge < -0.3 is 19.6 Å². The first-order valence-electron chi connectivity index (χ1n) is 7.43. The Morgan fingerprint density at radius 3 is 2.96 bits per heavy atom. The third kappa shape index (κ3) is 3.30. The molecule has 0 amide bonds. The van der Waals surface area contributed by atoms with E-state index in [2.05, 4.69) is 25.5 Å². The fourth-order valence-corrected chi connectivity index (χ4v) is 2.65. The fourth-order valence-electron chi connectivity index (χ4n) is 2.48. The first-order valence-corrected chi connectivity index (χ1v) is 7.81. The molecule has 0 spiro atoms.